The number of unbranched alkanes of at least 4 members (excludes halogenated alkanes) is 30. The van der Waals surface area contributed by atoms with Crippen LogP contribution < -0.4 is 0 Å². The Morgan fingerprint density at radius 1 is 0.500 bits per heavy atom. The summed E-state index contributed by atoms with van der Waals surface area (Å²) >= 11 is 1.17. The molecule has 0 radical (unpaired) electrons. The second kappa shape index (κ2) is 43.0. The van der Waals surface area contributed by atoms with Gasteiger partial charge < -0.3 is 8.85 Å². The van der Waals surface area contributed by atoms with E-state index in [1.165, 1.54) is 166 Å². The topological polar surface area (TPSA) is 94.9 Å². The van der Waals surface area contributed by atoms with Gasteiger partial charge in [-0.1, -0.05) is 220 Å². The van der Waals surface area contributed by atoms with E-state index < -0.39 is 27.6 Å². The second-order valence-corrected chi connectivity index (χ2v) is 18.1. The summed E-state index contributed by atoms with van der Waals surface area (Å²) in [7, 11) is -3.20. The van der Waals surface area contributed by atoms with Crippen molar-refractivity contribution in [3.05, 3.63) is 0 Å². The molecule has 2 atom stereocenters. The number of nitrogens with zero attached hydrogens (tertiary/aromatic N) is 1. The molecular formula is C45H87NO6SSi. The molecule has 0 rings (SSSR count). The number of rotatable bonds is 43. The van der Waals surface area contributed by atoms with Gasteiger partial charge in [-0.05, 0) is 37.9 Å². The molecule has 9 heteroatoms. The Kier molecular flexibility index (Phi) is 42.2. The number of nitriles is 1. The van der Waals surface area contributed by atoms with E-state index in [-0.39, 0.29) is 18.1 Å². The third-order valence-electron chi connectivity index (χ3n) is 10.5. The monoisotopic (exact) mass is 798 g/mol. The summed E-state index contributed by atoms with van der Waals surface area (Å²) < 4.78 is 16.8. The van der Waals surface area contributed by atoms with Crippen LogP contribution in [0.1, 0.15) is 259 Å². The van der Waals surface area contributed by atoms with E-state index in [2.05, 4.69) is 26.2 Å². The maximum atomic E-state index is 12.8. The highest BCUT2D eigenvalue weighted by Crippen LogP contribution is 2.23. The summed E-state index contributed by atoms with van der Waals surface area (Å²) in [6, 6.07) is 0. The molecule has 7 nitrogen and oxygen atoms in total. The minimum Gasteiger partial charge on any atom is -0.465 e. The van der Waals surface area contributed by atoms with Crippen LogP contribution in [0.25, 0.3) is 0 Å². The van der Waals surface area contributed by atoms with Crippen molar-refractivity contribution in [3.8, 4) is 5.40 Å². The number of carbonyl (C=O) groups excluding carboxylic acids is 2. The van der Waals surface area contributed by atoms with E-state index in [9.17, 15) is 14.9 Å². The maximum Gasteiger partial charge on any atom is 0.647 e. The first kappa shape index (κ1) is 52.9. The third-order valence-corrected chi connectivity index (χ3v) is 12.7. The van der Waals surface area contributed by atoms with Gasteiger partial charge >= 0.3 is 9.53 Å². The Balaban J connectivity index is 4.40. The van der Waals surface area contributed by atoms with Crippen LogP contribution in [0.2, 0.25) is 0 Å². The maximum absolute atomic E-state index is 12.8. The van der Waals surface area contributed by atoms with E-state index in [0.29, 0.717) is 0 Å². The van der Waals surface area contributed by atoms with Crippen LogP contribution in [0.5, 0.6) is 0 Å². The predicted molar refractivity (Wildman–Crippen MR) is 231 cm³/mol. The summed E-state index contributed by atoms with van der Waals surface area (Å²) in [6.07, 6.45) is 42.1. The van der Waals surface area contributed by atoms with Crippen molar-refractivity contribution in [1.29, 1.82) is 5.26 Å². The fraction of sp³-hybridized carbons (Fsp3) is 0.933. The summed E-state index contributed by atoms with van der Waals surface area (Å²) in [5, 5.41) is 11.4. The van der Waals surface area contributed by atoms with Gasteiger partial charge in [-0.15, -0.1) is 0 Å². The first-order valence-corrected chi connectivity index (χ1v) is 25.5. The molecule has 54 heavy (non-hydrogen) atoms. The molecule has 0 aliphatic carbocycles. The lowest BCUT2D eigenvalue weighted by atomic mass is 10.0. The van der Waals surface area contributed by atoms with Crippen LogP contribution in [0.15, 0.2) is 0 Å². The lowest BCUT2D eigenvalue weighted by Gasteiger charge is -2.22. The van der Waals surface area contributed by atoms with Gasteiger partial charge in [0.15, 0.2) is 0 Å². The van der Waals surface area contributed by atoms with Gasteiger partial charge in [0.1, 0.15) is 11.5 Å². The molecule has 0 bridgehead atoms. The van der Waals surface area contributed by atoms with Crippen LogP contribution in [0.3, 0.4) is 0 Å². The lowest BCUT2D eigenvalue weighted by Crippen LogP contribution is -2.35. The van der Waals surface area contributed by atoms with Crippen molar-refractivity contribution >= 4 is 33.2 Å². The Morgan fingerprint density at radius 3 is 1.11 bits per heavy atom. The molecule has 0 saturated heterocycles. The molecule has 0 amide bonds. The van der Waals surface area contributed by atoms with E-state index >= 15 is 0 Å². The average molecular weight is 798 g/mol. The van der Waals surface area contributed by atoms with E-state index in [4.69, 9.17) is 18.3 Å². The standard InChI is InChI=1S/C45H87NO6SSi/c1-5-8-11-13-15-17-19-21-23-25-27-29-31-33-36-39-44(47)50-54(52-49-42(4)43(53-41-46)38-35-10-7-3)51-45(48)40-37-34-32-30-28-26-24-22-20-18-16-14-12-9-6-2/h42-43,54H,5-40H2,1-4H3. The molecule has 0 N–H and O–H groups in total. The second-order valence-electron chi connectivity index (χ2n) is 15.8. The molecule has 318 valence electrons. The molecule has 0 aliphatic heterocycles. The summed E-state index contributed by atoms with van der Waals surface area (Å²) in [6.45, 7) is 8.53. The Hall–Kier alpha value is -1.08. The van der Waals surface area contributed by atoms with Crippen LogP contribution in [-0.4, -0.2) is 32.8 Å². The van der Waals surface area contributed by atoms with Gasteiger partial charge in [0.05, 0.1) is 0 Å². The van der Waals surface area contributed by atoms with Gasteiger partial charge in [-0.3, -0.25) is 9.59 Å². The number of thiocyanates is 1. The summed E-state index contributed by atoms with van der Waals surface area (Å²) in [4.78, 5) is 31.2. The average Bonchev–Trinajstić information content (AvgIpc) is 3.16. The zero-order valence-corrected chi connectivity index (χ0v) is 38.0. The third kappa shape index (κ3) is 37.8. The smallest absolute Gasteiger partial charge is 0.465 e. The minimum atomic E-state index is -3.20. The molecule has 0 saturated carbocycles. The number of hydrogen-bond donors (Lipinski definition) is 0. The van der Waals surface area contributed by atoms with Crippen LogP contribution in [0.4, 0.5) is 0 Å². The number of carbonyl (C=O) groups is 2. The van der Waals surface area contributed by atoms with Crippen molar-refractivity contribution < 1.29 is 27.9 Å². The zero-order valence-electron chi connectivity index (χ0n) is 36.0. The molecule has 0 heterocycles. The van der Waals surface area contributed by atoms with Crippen molar-refractivity contribution in [2.75, 3.05) is 0 Å². The van der Waals surface area contributed by atoms with Crippen molar-refractivity contribution in [2.45, 2.75) is 270 Å². The molecule has 0 fully saturated rings. The van der Waals surface area contributed by atoms with Gasteiger partial charge in [-0.2, -0.15) is 5.26 Å². The van der Waals surface area contributed by atoms with Crippen LogP contribution in [-0.2, 0) is 27.9 Å². The SMILES string of the molecule is CCCCCCCCCCCCCCCCCC(=O)O[SiH](OOC(C)C(CCCCC)SC#N)OC(=O)CCCCCCCCCCCCCCCCC. The van der Waals surface area contributed by atoms with E-state index in [1.807, 2.05) is 6.92 Å². The van der Waals surface area contributed by atoms with Gasteiger partial charge in [0, 0.05) is 18.1 Å². The largest absolute Gasteiger partial charge is 0.647 e. The first-order valence-electron chi connectivity index (χ1n) is 23.2. The molecule has 0 aromatic carbocycles. The molecular weight excluding hydrogens is 711 g/mol. The Labute approximate surface area is 340 Å². The van der Waals surface area contributed by atoms with Crippen molar-refractivity contribution in [3.63, 3.8) is 0 Å². The molecule has 0 spiro atoms. The van der Waals surface area contributed by atoms with E-state index in [1.54, 1.807) is 0 Å². The Bertz CT molecular complexity index is 811. The number of thioether (sulfide) groups is 1. The summed E-state index contributed by atoms with van der Waals surface area (Å²) in [5.74, 6) is -0.799. The number of hydrogen-bond acceptors (Lipinski definition) is 8. The van der Waals surface area contributed by atoms with Gasteiger partial charge in [0.25, 0.3) is 11.9 Å². The highest BCUT2D eigenvalue weighted by molar-refractivity contribution is 8.04. The van der Waals surface area contributed by atoms with Gasteiger partial charge in [-0.25, -0.2) is 9.46 Å². The van der Waals surface area contributed by atoms with Gasteiger partial charge in [0.2, 0.25) is 0 Å². The highest BCUT2D eigenvalue weighted by atomic mass is 32.2. The van der Waals surface area contributed by atoms with Crippen molar-refractivity contribution in [2.24, 2.45) is 0 Å². The van der Waals surface area contributed by atoms with Crippen LogP contribution >= 0.6 is 11.8 Å². The zero-order chi connectivity index (χ0) is 39.6. The normalized spacial score (nSPS) is 12.5. The van der Waals surface area contributed by atoms with E-state index in [0.717, 1.165) is 64.2 Å². The first-order chi connectivity index (χ1) is 26.5. The lowest BCUT2D eigenvalue weighted by molar-refractivity contribution is -0.267. The fourth-order valence-electron chi connectivity index (χ4n) is 6.92. The van der Waals surface area contributed by atoms with Crippen molar-refractivity contribution in [1.82, 2.24) is 0 Å². The Morgan fingerprint density at radius 2 is 0.796 bits per heavy atom. The molecule has 0 aromatic heterocycles. The molecule has 0 aliphatic rings. The molecule has 0 aromatic rings. The highest BCUT2D eigenvalue weighted by Gasteiger charge is 2.29. The van der Waals surface area contributed by atoms with Crippen LogP contribution in [0, 0.1) is 10.7 Å². The minimum absolute atomic E-state index is 0.0803. The quantitative estimate of drug-likeness (QED) is 0.0198. The molecule has 2 unspecified atom stereocenters. The predicted octanol–water partition coefficient (Wildman–Crippen LogP) is 14.8. The fourth-order valence-corrected chi connectivity index (χ4v) is 8.64. The summed E-state index contributed by atoms with van der Waals surface area (Å²) in [5.41, 5.74) is 0.